The number of nitrogens with zero attached hydrogens (tertiary/aromatic N) is 1. The predicted molar refractivity (Wildman–Crippen MR) is 79.8 cm³/mol. The number of nitrogens with two attached hydrogens (primary N) is 1. The van der Waals surface area contributed by atoms with Crippen molar-refractivity contribution in [2.75, 3.05) is 5.32 Å². The predicted octanol–water partition coefficient (Wildman–Crippen LogP) is 1.94. The minimum absolute atomic E-state index is 0.126. The highest BCUT2D eigenvalue weighted by atomic mass is 35.5. The van der Waals surface area contributed by atoms with Crippen LogP contribution in [0.2, 0.25) is 5.02 Å². The molecule has 0 atom stereocenters. The largest absolute Gasteiger partial charge is 0.321 e. The molecule has 0 saturated carbocycles. The van der Waals surface area contributed by atoms with Gasteiger partial charge in [-0.1, -0.05) is 17.7 Å². The Bertz CT molecular complexity index is 806. The van der Waals surface area contributed by atoms with Gasteiger partial charge in [0.15, 0.2) is 0 Å². The van der Waals surface area contributed by atoms with Crippen molar-refractivity contribution in [3.05, 3.63) is 52.8 Å². The Hall–Kier alpha value is -1.96. The summed E-state index contributed by atoms with van der Waals surface area (Å²) >= 11 is 5.91. The smallest absolute Gasteiger partial charge is 0.256 e. The van der Waals surface area contributed by atoms with Gasteiger partial charge in [0.05, 0.1) is 15.6 Å². The molecule has 0 aliphatic rings. The van der Waals surface area contributed by atoms with E-state index in [1.54, 1.807) is 13.0 Å². The molecule has 6 nitrogen and oxygen atoms in total. The summed E-state index contributed by atoms with van der Waals surface area (Å²) in [5, 5.41) is 7.95. The van der Waals surface area contributed by atoms with Crippen molar-refractivity contribution in [1.82, 2.24) is 4.98 Å². The van der Waals surface area contributed by atoms with Crippen LogP contribution in [0.3, 0.4) is 0 Å². The summed E-state index contributed by atoms with van der Waals surface area (Å²) in [6.07, 6.45) is 2.87. The molecule has 0 unspecified atom stereocenters. The fourth-order valence-electron chi connectivity index (χ4n) is 1.69. The number of hydrogen-bond donors (Lipinski definition) is 2. The van der Waals surface area contributed by atoms with Gasteiger partial charge in [-0.2, -0.15) is 0 Å². The number of hydrogen-bond acceptors (Lipinski definition) is 4. The maximum atomic E-state index is 12.2. The van der Waals surface area contributed by atoms with Crippen molar-refractivity contribution in [1.29, 1.82) is 0 Å². The number of nitrogens with one attached hydrogen (secondary N) is 1. The van der Waals surface area contributed by atoms with Crippen LogP contribution in [0, 0.1) is 6.92 Å². The second-order valence-electron chi connectivity index (χ2n) is 4.33. The van der Waals surface area contributed by atoms with Gasteiger partial charge in [0, 0.05) is 18.0 Å². The van der Waals surface area contributed by atoms with Crippen LogP contribution in [0.5, 0.6) is 0 Å². The summed E-state index contributed by atoms with van der Waals surface area (Å²) in [4.78, 5) is 15.9. The van der Waals surface area contributed by atoms with Crippen molar-refractivity contribution in [2.45, 2.75) is 11.8 Å². The normalized spacial score (nSPS) is 11.2. The van der Waals surface area contributed by atoms with Crippen LogP contribution >= 0.6 is 11.6 Å². The number of halogens is 1. The van der Waals surface area contributed by atoms with E-state index in [-0.39, 0.29) is 15.5 Å². The number of primary sulfonamides is 1. The number of carbonyl (C=O) groups excluding carboxylic acids is 1. The zero-order valence-electron chi connectivity index (χ0n) is 11.0. The Morgan fingerprint density at radius 1 is 1.33 bits per heavy atom. The molecule has 1 heterocycles. The Morgan fingerprint density at radius 2 is 2.05 bits per heavy atom. The molecular formula is C13H12ClN3O3S. The van der Waals surface area contributed by atoms with Gasteiger partial charge in [-0.3, -0.25) is 9.78 Å². The Morgan fingerprint density at radius 3 is 2.67 bits per heavy atom. The molecule has 2 aromatic rings. The number of benzene rings is 1. The van der Waals surface area contributed by atoms with Crippen LogP contribution in [-0.4, -0.2) is 19.3 Å². The molecule has 1 aromatic heterocycles. The molecule has 8 heteroatoms. The maximum Gasteiger partial charge on any atom is 0.256 e. The first-order valence-corrected chi connectivity index (χ1v) is 7.76. The summed E-state index contributed by atoms with van der Waals surface area (Å²) in [6, 6.07) is 5.64. The first-order chi connectivity index (χ1) is 9.79. The lowest BCUT2D eigenvalue weighted by molar-refractivity contribution is 0.102. The van der Waals surface area contributed by atoms with Crippen molar-refractivity contribution in [3.8, 4) is 0 Å². The molecule has 0 bridgehead atoms. The summed E-state index contributed by atoms with van der Waals surface area (Å²) in [5.41, 5.74) is 1.21. The molecule has 0 aliphatic carbocycles. The van der Waals surface area contributed by atoms with Crippen LogP contribution < -0.4 is 10.5 Å². The fraction of sp³-hybridized carbons (Fsp3) is 0.0769. The Kier molecular flexibility index (Phi) is 4.26. The van der Waals surface area contributed by atoms with Gasteiger partial charge in [0.2, 0.25) is 10.0 Å². The molecular weight excluding hydrogens is 314 g/mol. The molecule has 0 fully saturated rings. The molecule has 1 aromatic carbocycles. The molecule has 110 valence electrons. The third-order valence-corrected chi connectivity index (χ3v) is 4.02. The highest BCUT2D eigenvalue weighted by Gasteiger charge is 2.15. The standard InChI is InChI=1S/C13H12ClN3O3S/c1-8-2-3-9(21(15,19)20)6-10(8)13(18)17-12-4-5-16-7-11(12)14/h2-7H,1H3,(H2,15,19,20)(H,16,17,18). The highest BCUT2D eigenvalue weighted by Crippen LogP contribution is 2.21. The number of rotatable bonds is 3. The van der Waals surface area contributed by atoms with Gasteiger partial charge in [0.1, 0.15) is 0 Å². The number of aromatic nitrogens is 1. The van der Waals surface area contributed by atoms with E-state index in [4.69, 9.17) is 16.7 Å². The third-order valence-electron chi connectivity index (χ3n) is 2.80. The lowest BCUT2D eigenvalue weighted by atomic mass is 10.1. The molecule has 0 saturated heterocycles. The second kappa shape index (κ2) is 5.80. The van der Waals surface area contributed by atoms with E-state index in [0.29, 0.717) is 11.3 Å². The van der Waals surface area contributed by atoms with E-state index in [0.717, 1.165) is 0 Å². The molecule has 3 N–H and O–H groups in total. The monoisotopic (exact) mass is 325 g/mol. The van der Waals surface area contributed by atoms with Crippen molar-refractivity contribution in [3.63, 3.8) is 0 Å². The first kappa shape index (κ1) is 15.4. The second-order valence-corrected chi connectivity index (χ2v) is 6.30. The quantitative estimate of drug-likeness (QED) is 0.900. The summed E-state index contributed by atoms with van der Waals surface area (Å²) in [7, 11) is -3.87. The zero-order chi connectivity index (χ0) is 15.6. The van der Waals surface area contributed by atoms with Crippen LogP contribution in [0.15, 0.2) is 41.6 Å². The minimum Gasteiger partial charge on any atom is -0.321 e. The topological polar surface area (TPSA) is 102 Å². The zero-order valence-corrected chi connectivity index (χ0v) is 12.6. The molecule has 0 radical (unpaired) electrons. The molecule has 1 amide bonds. The van der Waals surface area contributed by atoms with E-state index in [9.17, 15) is 13.2 Å². The van der Waals surface area contributed by atoms with Gasteiger partial charge >= 0.3 is 0 Å². The van der Waals surface area contributed by atoms with Gasteiger partial charge in [0.25, 0.3) is 5.91 Å². The van der Waals surface area contributed by atoms with Crippen LogP contribution in [0.25, 0.3) is 0 Å². The van der Waals surface area contributed by atoms with Crippen molar-refractivity contribution in [2.24, 2.45) is 5.14 Å². The summed E-state index contributed by atoms with van der Waals surface area (Å²) in [6.45, 7) is 1.69. The number of carbonyl (C=O) groups is 1. The summed E-state index contributed by atoms with van der Waals surface area (Å²) < 4.78 is 22.7. The Balaban J connectivity index is 2.38. The third kappa shape index (κ3) is 3.57. The average Bonchev–Trinajstić information content (AvgIpc) is 2.40. The Labute approximate surface area is 127 Å². The summed E-state index contributed by atoms with van der Waals surface area (Å²) in [5.74, 6) is -0.480. The van der Waals surface area contributed by atoms with Gasteiger partial charge < -0.3 is 5.32 Å². The van der Waals surface area contributed by atoms with E-state index in [1.165, 1.54) is 30.6 Å². The number of anilines is 1. The van der Waals surface area contributed by atoms with E-state index >= 15 is 0 Å². The highest BCUT2D eigenvalue weighted by molar-refractivity contribution is 7.89. The average molecular weight is 326 g/mol. The first-order valence-electron chi connectivity index (χ1n) is 5.83. The fourth-order valence-corrected chi connectivity index (χ4v) is 2.40. The van der Waals surface area contributed by atoms with Crippen molar-refractivity contribution >= 4 is 33.2 Å². The van der Waals surface area contributed by atoms with Crippen molar-refractivity contribution < 1.29 is 13.2 Å². The SMILES string of the molecule is Cc1ccc(S(N)(=O)=O)cc1C(=O)Nc1ccncc1Cl. The number of pyridine rings is 1. The van der Waals surface area contributed by atoms with Crippen LogP contribution in [-0.2, 0) is 10.0 Å². The molecule has 2 rings (SSSR count). The lowest BCUT2D eigenvalue weighted by Crippen LogP contribution is -2.17. The molecule has 0 aliphatic heterocycles. The molecule has 21 heavy (non-hydrogen) atoms. The lowest BCUT2D eigenvalue weighted by Gasteiger charge is -2.10. The van der Waals surface area contributed by atoms with E-state index in [2.05, 4.69) is 10.3 Å². The van der Waals surface area contributed by atoms with Crippen LogP contribution in [0.1, 0.15) is 15.9 Å². The number of amides is 1. The molecule has 0 spiro atoms. The maximum absolute atomic E-state index is 12.2. The van der Waals surface area contributed by atoms with Gasteiger partial charge in [-0.15, -0.1) is 0 Å². The number of sulfonamides is 1. The van der Waals surface area contributed by atoms with E-state index in [1.807, 2.05) is 0 Å². The van der Waals surface area contributed by atoms with Crippen LogP contribution in [0.4, 0.5) is 5.69 Å². The number of aryl methyl sites for hydroxylation is 1. The van der Waals surface area contributed by atoms with Gasteiger partial charge in [-0.25, -0.2) is 13.6 Å². The van der Waals surface area contributed by atoms with Gasteiger partial charge in [-0.05, 0) is 30.7 Å². The van der Waals surface area contributed by atoms with E-state index < -0.39 is 15.9 Å². The minimum atomic E-state index is -3.87.